The van der Waals surface area contributed by atoms with E-state index in [9.17, 15) is 14.9 Å². The second-order valence-corrected chi connectivity index (χ2v) is 6.91. The molecule has 4 heterocycles. The number of aromatic amines is 1. The Labute approximate surface area is 165 Å². The molecule has 3 aromatic heterocycles. The number of nitro groups is 1. The molecule has 0 radical (unpaired) electrons. The van der Waals surface area contributed by atoms with Crippen molar-refractivity contribution >= 4 is 28.9 Å². The zero-order valence-corrected chi connectivity index (χ0v) is 15.9. The number of hydrogen-bond acceptors (Lipinski definition) is 7. The van der Waals surface area contributed by atoms with Crippen LogP contribution in [-0.4, -0.2) is 57.2 Å². The average molecular weight is 399 g/mol. The number of carbonyl (C=O) groups excluding carboxylic acids is 1. The van der Waals surface area contributed by atoms with Gasteiger partial charge in [0, 0.05) is 32.2 Å². The molecular weight excluding hydrogens is 378 g/mol. The number of nitrogens with zero attached hydrogens (tertiary/aromatic N) is 5. The monoisotopic (exact) mass is 399 g/mol. The second-order valence-electron chi connectivity index (χ2n) is 6.91. The minimum atomic E-state index is -0.397. The van der Waals surface area contributed by atoms with Crippen LogP contribution in [0.1, 0.15) is 24.5 Å². The number of aromatic nitrogens is 4. The summed E-state index contributed by atoms with van der Waals surface area (Å²) in [5.41, 5.74) is 1.93. The zero-order chi connectivity index (χ0) is 20.4. The van der Waals surface area contributed by atoms with Crippen molar-refractivity contribution in [1.29, 1.82) is 0 Å². The van der Waals surface area contributed by atoms with Crippen molar-refractivity contribution in [1.82, 2.24) is 19.6 Å². The maximum atomic E-state index is 11.9. The molecule has 0 bridgehead atoms. The molecule has 11 nitrogen and oxygen atoms in total. The van der Waals surface area contributed by atoms with Crippen molar-refractivity contribution in [2.45, 2.75) is 18.8 Å². The number of H-pyrrole nitrogens is 1. The zero-order valence-electron chi connectivity index (χ0n) is 15.9. The molecule has 2 N–H and O–H groups in total. The standard InChI is InChI=1S/C18H21N7O4/c1-29-11-15(26)20-13-9-19-22-16(13)12-5-4-7-23(10-12)17-18(25(27)28)24-8-3-2-6-14(24)21-17/h2-3,6,8-9,12H,4-5,7,10-11H2,1H3,(H,19,22)(H,20,26)/t12-/m0/s1. The van der Waals surface area contributed by atoms with Crippen LogP contribution in [0, 0.1) is 10.1 Å². The summed E-state index contributed by atoms with van der Waals surface area (Å²) in [5.74, 6) is 0.0715. The highest BCUT2D eigenvalue weighted by atomic mass is 16.6. The van der Waals surface area contributed by atoms with Gasteiger partial charge in [-0.1, -0.05) is 6.07 Å². The normalized spacial score (nSPS) is 16.9. The van der Waals surface area contributed by atoms with Crippen LogP contribution in [0.2, 0.25) is 0 Å². The first-order chi connectivity index (χ1) is 14.1. The lowest BCUT2D eigenvalue weighted by molar-refractivity contribution is -0.389. The van der Waals surface area contributed by atoms with E-state index in [2.05, 4.69) is 20.5 Å². The average Bonchev–Trinajstić information content (AvgIpc) is 3.32. The number of hydrogen-bond donors (Lipinski definition) is 2. The van der Waals surface area contributed by atoms with Crippen molar-refractivity contribution in [2.75, 3.05) is 37.0 Å². The fourth-order valence-corrected chi connectivity index (χ4v) is 3.78. The Balaban J connectivity index is 1.61. The van der Waals surface area contributed by atoms with Gasteiger partial charge < -0.3 is 25.1 Å². The number of carbonyl (C=O) groups is 1. The summed E-state index contributed by atoms with van der Waals surface area (Å²) in [7, 11) is 1.45. The van der Waals surface area contributed by atoms with E-state index >= 15 is 0 Å². The molecule has 1 aliphatic rings. The van der Waals surface area contributed by atoms with Crippen molar-refractivity contribution in [3.8, 4) is 0 Å². The summed E-state index contributed by atoms with van der Waals surface area (Å²) < 4.78 is 6.34. The van der Waals surface area contributed by atoms with Crippen molar-refractivity contribution in [2.24, 2.45) is 0 Å². The molecule has 29 heavy (non-hydrogen) atoms. The Bertz CT molecular complexity index is 1040. The minimum absolute atomic E-state index is 0.0218. The summed E-state index contributed by atoms with van der Waals surface area (Å²) in [5, 5.41) is 21.5. The number of ether oxygens (including phenoxy) is 1. The number of amides is 1. The number of fused-ring (bicyclic) bond motifs is 1. The lowest BCUT2D eigenvalue weighted by Gasteiger charge is -2.32. The van der Waals surface area contributed by atoms with Crippen LogP contribution in [-0.2, 0) is 9.53 Å². The number of piperidine rings is 1. The molecule has 0 saturated carbocycles. The quantitative estimate of drug-likeness (QED) is 0.478. The minimum Gasteiger partial charge on any atom is -0.375 e. The first-order valence-electron chi connectivity index (χ1n) is 9.27. The van der Waals surface area contributed by atoms with E-state index in [0.717, 1.165) is 18.5 Å². The summed E-state index contributed by atoms with van der Waals surface area (Å²) in [6, 6.07) is 5.29. The molecule has 11 heteroatoms. The van der Waals surface area contributed by atoms with Gasteiger partial charge in [0.05, 0.1) is 23.8 Å². The number of anilines is 2. The van der Waals surface area contributed by atoms with E-state index in [1.165, 1.54) is 11.5 Å². The fraction of sp³-hybridized carbons (Fsp3) is 0.389. The van der Waals surface area contributed by atoms with Gasteiger partial charge in [-0.3, -0.25) is 9.89 Å². The number of imidazole rings is 1. The second kappa shape index (κ2) is 7.87. The molecule has 1 aliphatic heterocycles. The Hall–Kier alpha value is -3.47. The molecule has 3 aromatic rings. The number of rotatable bonds is 6. The summed E-state index contributed by atoms with van der Waals surface area (Å²) in [4.78, 5) is 29.6. The first kappa shape index (κ1) is 18.9. The molecule has 152 valence electrons. The number of methoxy groups -OCH3 is 1. The van der Waals surface area contributed by atoms with Gasteiger partial charge in [-0.15, -0.1) is 0 Å². The van der Waals surface area contributed by atoms with Gasteiger partial charge in [0.2, 0.25) is 17.4 Å². The van der Waals surface area contributed by atoms with E-state index in [4.69, 9.17) is 4.74 Å². The molecule has 0 spiro atoms. The Morgan fingerprint density at radius 2 is 2.34 bits per heavy atom. The van der Waals surface area contributed by atoms with Crippen LogP contribution in [0.15, 0.2) is 30.6 Å². The highest BCUT2D eigenvalue weighted by molar-refractivity contribution is 5.92. The molecule has 4 rings (SSSR count). The van der Waals surface area contributed by atoms with Crippen LogP contribution in [0.3, 0.4) is 0 Å². The van der Waals surface area contributed by atoms with Crippen molar-refractivity contribution < 1.29 is 14.5 Å². The van der Waals surface area contributed by atoms with E-state index in [0.29, 0.717) is 30.2 Å². The largest absolute Gasteiger partial charge is 0.375 e. The van der Waals surface area contributed by atoms with Gasteiger partial charge >= 0.3 is 5.82 Å². The molecule has 1 atom stereocenters. The van der Waals surface area contributed by atoms with Crippen molar-refractivity contribution in [3.63, 3.8) is 0 Å². The number of nitrogens with one attached hydrogen (secondary N) is 2. The van der Waals surface area contributed by atoms with E-state index in [-0.39, 0.29) is 24.2 Å². The lowest BCUT2D eigenvalue weighted by atomic mass is 9.94. The first-order valence-corrected chi connectivity index (χ1v) is 9.27. The maximum absolute atomic E-state index is 11.9. The van der Waals surface area contributed by atoms with Gasteiger partial charge in [0.1, 0.15) is 6.61 Å². The third kappa shape index (κ3) is 3.63. The summed E-state index contributed by atoms with van der Waals surface area (Å²) in [6.45, 7) is 1.15. The molecule has 0 aliphatic carbocycles. The van der Waals surface area contributed by atoms with Crippen LogP contribution < -0.4 is 10.2 Å². The van der Waals surface area contributed by atoms with Crippen LogP contribution in [0.25, 0.3) is 5.65 Å². The van der Waals surface area contributed by atoms with Gasteiger partial charge in [-0.2, -0.15) is 14.5 Å². The Morgan fingerprint density at radius 3 is 3.14 bits per heavy atom. The lowest BCUT2D eigenvalue weighted by Crippen LogP contribution is -2.35. The Morgan fingerprint density at radius 1 is 1.48 bits per heavy atom. The van der Waals surface area contributed by atoms with Crippen LogP contribution in [0.5, 0.6) is 0 Å². The van der Waals surface area contributed by atoms with E-state index in [1.807, 2.05) is 4.90 Å². The van der Waals surface area contributed by atoms with Gasteiger partial charge in [-0.05, 0) is 23.8 Å². The summed E-state index contributed by atoms with van der Waals surface area (Å²) in [6.07, 6.45) is 4.91. The third-order valence-corrected chi connectivity index (χ3v) is 5.01. The van der Waals surface area contributed by atoms with Crippen LogP contribution >= 0.6 is 0 Å². The SMILES string of the molecule is COCC(=O)Nc1cn[nH]c1[C@H]1CCCN(c2nc3ccccn3c2[N+](=O)[O-])C1. The van der Waals surface area contributed by atoms with E-state index < -0.39 is 4.92 Å². The van der Waals surface area contributed by atoms with Gasteiger partial charge in [0.25, 0.3) is 0 Å². The van der Waals surface area contributed by atoms with Gasteiger partial charge in [-0.25, -0.2) is 0 Å². The molecule has 1 amide bonds. The third-order valence-electron chi connectivity index (χ3n) is 5.01. The fourth-order valence-electron chi connectivity index (χ4n) is 3.78. The van der Waals surface area contributed by atoms with E-state index in [1.54, 1.807) is 30.6 Å². The summed E-state index contributed by atoms with van der Waals surface area (Å²) >= 11 is 0. The molecule has 0 unspecified atom stereocenters. The predicted molar refractivity (Wildman–Crippen MR) is 105 cm³/mol. The highest BCUT2D eigenvalue weighted by Gasteiger charge is 2.32. The smallest absolute Gasteiger partial charge is 0.372 e. The molecule has 1 fully saturated rings. The van der Waals surface area contributed by atoms with Crippen molar-refractivity contribution in [3.05, 3.63) is 46.4 Å². The Kier molecular flexibility index (Phi) is 5.12. The number of pyridine rings is 1. The molecular formula is C18H21N7O4. The topological polar surface area (TPSA) is 131 Å². The highest BCUT2D eigenvalue weighted by Crippen LogP contribution is 2.36. The predicted octanol–water partition coefficient (Wildman–Crippen LogP) is 1.93. The molecule has 1 saturated heterocycles. The van der Waals surface area contributed by atoms with Crippen LogP contribution in [0.4, 0.5) is 17.3 Å². The van der Waals surface area contributed by atoms with Gasteiger partial charge in [0.15, 0.2) is 0 Å². The maximum Gasteiger partial charge on any atom is 0.372 e. The molecule has 0 aromatic carbocycles.